The number of rotatable bonds is 4. The first-order valence-electron chi connectivity index (χ1n) is 8.41. The number of hydrogen-bond acceptors (Lipinski definition) is 4. The zero-order valence-corrected chi connectivity index (χ0v) is 14.1. The smallest absolute Gasteiger partial charge is 0.253 e. The number of hydrogen-bond donors (Lipinski definition) is 1. The van der Waals surface area contributed by atoms with Crippen molar-refractivity contribution < 1.29 is 14.0 Å². The second-order valence-electron chi connectivity index (χ2n) is 6.09. The van der Waals surface area contributed by atoms with Crippen LogP contribution in [0.4, 0.5) is 4.39 Å². The molecular formula is C19H19FN4O2. The maximum atomic E-state index is 13.0. The Bertz CT molecular complexity index is 785. The SMILES string of the molecule is O=C(N/N=C/c1cccnc1)C1CCN(C(=O)c2ccc(F)cc2)CC1. The van der Waals surface area contributed by atoms with Crippen LogP contribution in [-0.2, 0) is 4.79 Å². The molecule has 1 saturated heterocycles. The van der Waals surface area contributed by atoms with Crippen molar-refractivity contribution >= 4 is 18.0 Å². The van der Waals surface area contributed by atoms with E-state index in [4.69, 9.17) is 0 Å². The molecule has 3 rings (SSSR count). The molecule has 2 aromatic rings. The molecular weight excluding hydrogens is 335 g/mol. The molecule has 0 unspecified atom stereocenters. The van der Waals surface area contributed by atoms with Gasteiger partial charge in [-0.15, -0.1) is 0 Å². The molecule has 1 aliphatic rings. The molecule has 1 aromatic carbocycles. The zero-order chi connectivity index (χ0) is 18.4. The van der Waals surface area contributed by atoms with Crippen LogP contribution in [0, 0.1) is 11.7 Å². The van der Waals surface area contributed by atoms with Gasteiger partial charge in [-0.3, -0.25) is 14.6 Å². The summed E-state index contributed by atoms with van der Waals surface area (Å²) in [5.74, 6) is -0.848. The third-order valence-corrected chi connectivity index (χ3v) is 4.32. The summed E-state index contributed by atoms with van der Waals surface area (Å²) in [6, 6.07) is 9.12. The Morgan fingerprint density at radius 3 is 2.58 bits per heavy atom. The van der Waals surface area contributed by atoms with Gasteiger partial charge in [-0.1, -0.05) is 6.07 Å². The lowest BCUT2D eigenvalue weighted by Gasteiger charge is -2.31. The van der Waals surface area contributed by atoms with Crippen LogP contribution in [-0.4, -0.2) is 41.0 Å². The monoisotopic (exact) mass is 354 g/mol. The Labute approximate surface area is 150 Å². The van der Waals surface area contributed by atoms with Crippen molar-refractivity contribution in [1.82, 2.24) is 15.3 Å². The molecule has 1 aromatic heterocycles. The van der Waals surface area contributed by atoms with E-state index < -0.39 is 0 Å². The summed E-state index contributed by atoms with van der Waals surface area (Å²) in [7, 11) is 0. The Kier molecular flexibility index (Phi) is 5.68. The van der Waals surface area contributed by atoms with E-state index in [2.05, 4.69) is 15.5 Å². The van der Waals surface area contributed by atoms with E-state index in [0.717, 1.165) is 5.56 Å². The Balaban J connectivity index is 1.48. The first kappa shape index (κ1) is 17.7. The summed E-state index contributed by atoms with van der Waals surface area (Å²) >= 11 is 0. The number of halogens is 1. The highest BCUT2D eigenvalue weighted by Crippen LogP contribution is 2.19. The van der Waals surface area contributed by atoms with Crippen molar-refractivity contribution in [3.63, 3.8) is 0 Å². The van der Waals surface area contributed by atoms with E-state index >= 15 is 0 Å². The summed E-state index contributed by atoms with van der Waals surface area (Å²) in [5, 5.41) is 3.95. The lowest BCUT2D eigenvalue weighted by atomic mass is 9.95. The van der Waals surface area contributed by atoms with E-state index in [1.807, 2.05) is 6.07 Å². The third-order valence-electron chi connectivity index (χ3n) is 4.32. The van der Waals surface area contributed by atoms with Gasteiger partial charge < -0.3 is 4.90 Å². The minimum Gasteiger partial charge on any atom is -0.339 e. The fourth-order valence-electron chi connectivity index (χ4n) is 2.83. The van der Waals surface area contributed by atoms with Crippen molar-refractivity contribution in [3.8, 4) is 0 Å². The molecule has 0 atom stereocenters. The van der Waals surface area contributed by atoms with Gasteiger partial charge in [-0.2, -0.15) is 5.10 Å². The van der Waals surface area contributed by atoms with Crippen molar-refractivity contribution in [3.05, 3.63) is 65.7 Å². The number of nitrogens with one attached hydrogen (secondary N) is 1. The fraction of sp³-hybridized carbons (Fsp3) is 0.263. The van der Waals surface area contributed by atoms with Gasteiger partial charge in [0.2, 0.25) is 5.91 Å². The quantitative estimate of drug-likeness (QED) is 0.676. The first-order valence-corrected chi connectivity index (χ1v) is 8.41. The molecule has 7 heteroatoms. The van der Waals surface area contributed by atoms with Gasteiger partial charge in [0.05, 0.1) is 6.21 Å². The summed E-state index contributed by atoms with van der Waals surface area (Å²) in [6.07, 6.45) is 5.99. The number of amides is 2. The molecule has 2 amide bonds. The number of aromatic nitrogens is 1. The highest BCUT2D eigenvalue weighted by atomic mass is 19.1. The van der Waals surface area contributed by atoms with Crippen molar-refractivity contribution in [2.75, 3.05) is 13.1 Å². The van der Waals surface area contributed by atoms with E-state index in [1.165, 1.54) is 30.5 Å². The molecule has 2 heterocycles. The van der Waals surface area contributed by atoms with Gasteiger partial charge in [0.25, 0.3) is 5.91 Å². The lowest BCUT2D eigenvalue weighted by molar-refractivity contribution is -0.126. The maximum absolute atomic E-state index is 13.0. The lowest BCUT2D eigenvalue weighted by Crippen LogP contribution is -2.42. The normalized spacial score (nSPS) is 15.2. The molecule has 1 aliphatic heterocycles. The average molecular weight is 354 g/mol. The Morgan fingerprint density at radius 1 is 1.19 bits per heavy atom. The van der Waals surface area contributed by atoms with Crippen LogP contribution in [0.5, 0.6) is 0 Å². The number of carbonyl (C=O) groups is 2. The van der Waals surface area contributed by atoms with Crippen LogP contribution in [0.3, 0.4) is 0 Å². The first-order chi connectivity index (χ1) is 12.6. The van der Waals surface area contributed by atoms with Crippen molar-refractivity contribution in [1.29, 1.82) is 0 Å². The maximum Gasteiger partial charge on any atom is 0.253 e. The molecule has 0 aliphatic carbocycles. The predicted octanol–water partition coefficient (Wildman–Crippen LogP) is 2.22. The van der Waals surface area contributed by atoms with Gasteiger partial charge in [-0.25, -0.2) is 9.82 Å². The summed E-state index contributed by atoms with van der Waals surface area (Å²) in [6.45, 7) is 0.973. The highest BCUT2D eigenvalue weighted by molar-refractivity contribution is 5.94. The van der Waals surface area contributed by atoms with Gasteiger partial charge in [0.1, 0.15) is 5.82 Å². The highest BCUT2D eigenvalue weighted by Gasteiger charge is 2.27. The summed E-state index contributed by atoms with van der Waals surface area (Å²) < 4.78 is 13.0. The predicted molar refractivity (Wildman–Crippen MR) is 95.0 cm³/mol. The zero-order valence-electron chi connectivity index (χ0n) is 14.1. The minimum absolute atomic E-state index is 0.140. The van der Waals surface area contributed by atoms with Crippen LogP contribution >= 0.6 is 0 Å². The Morgan fingerprint density at radius 2 is 1.92 bits per heavy atom. The van der Waals surface area contributed by atoms with Crippen LogP contribution in [0.1, 0.15) is 28.8 Å². The number of carbonyl (C=O) groups excluding carboxylic acids is 2. The topological polar surface area (TPSA) is 74.7 Å². The van der Waals surface area contributed by atoms with E-state index in [1.54, 1.807) is 23.4 Å². The second-order valence-corrected chi connectivity index (χ2v) is 6.09. The van der Waals surface area contributed by atoms with E-state index in [9.17, 15) is 14.0 Å². The number of nitrogens with zero attached hydrogens (tertiary/aromatic N) is 3. The van der Waals surface area contributed by atoms with Crippen LogP contribution < -0.4 is 5.43 Å². The van der Waals surface area contributed by atoms with Gasteiger partial charge >= 0.3 is 0 Å². The standard InChI is InChI=1S/C19H19FN4O2/c20-17-5-3-16(4-6-17)19(26)24-10-7-15(8-11-24)18(25)23-22-13-14-2-1-9-21-12-14/h1-6,9,12-13,15H,7-8,10-11H2,(H,23,25)/b22-13+. The average Bonchev–Trinajstić information content (AvgIpc) is 2.69. The van der Waals surface area contributed by atoms with E-state index in [0.29, 0.717) is 31.5 Å². The number of likely N-dealkylation sites (tertiary alicyclic amines) is 1. The molecule has 0 bridgehead atoms. The third kappa shape index (κ3) is 4.50. The Hall–Kier alpha value is -3.09. The number of hydrazone groups is 1. The molecule has 6 nitrogen and oxygen atoms in total. The molecule has 1 N–H and O–H groups in total. The molecule has 134 valence electrons. The molecule has 26 heavy (non-hydrogen) atoms. The van der Waals surface area contributed by atoms with Crippen LogP contribution in [0.25, 0.3) is 0 Å². The summed E-state index contributed by atoms with van der Waals surface area (Å²) in [4.78, 5) is 30.2. The van der Waals surface area contributed by atoms with Gasteiger partial charge in [0.15, 0.2) is 0 Å². The number of piperidine rings is 1. The molecule has 1 fully saturated rings. The van der Waals surface area contributed by atoms with Crippen molar-refractivity contribution in [2.45, 2.75) is 12.8 Å². The molecule has 0 saturated carbocycles. The molecule has 0 spiro atoms. The van der Waals surface area contributed by atoms with Gasteiger partial charge in [0, 0.05) is 42.5 Å². The van der Waals surface area contributed by atoms with Crippen LogP contribution in [0.2, 0.25) is 0 Å². The fourth-order valence-corrected chi connectivity index (χ4v) is 2.83. The van der Waals surface area contributed by atoms with Crippen LogP contribution in [0.15, 0.2) is 53.9 Å². The van der Waals surface area contributed by atoms with Crippen molar-refractivity contribution in [2.24, 2.45) is 11.0 Å². The number of benzene rings is 1. The number of pyridine rings is 1. The largest absolute Gasteiger partial charge is 0.339 e. The summed E-state index contributed by atoms with van der Waals surface area (Å²) in [5.41, 5.74) is 3.79. The minimum atomic E-state index is -0.372. The second kappa shape index (κ2) is 8.33. The van der Waals surface area contributed by atoms with E-state index in [-0.39, 0.29) is 23.5 Å². The molecule has 0 radical (unpaired) electrons. The van der Waals surface area contributed by atoms with Gasteiger partial charge in [-0.05, 0) is 43.2 Å².